The Kier molecular flexibility index (Phi) is 3.67. The zero-order valence-electron chi connectivity index (χ0n) is 10.9. The van der Waals surface area contributed by atoms with Crippen molar-refractivity contribution < 1.29 is 9.21 Å². The van der Waals surface area contributed by atoms with Gasteiger partial charge < -0.3 is 9.32 Å². The van der Waals surface area contributed by atoms with Gasteiger partial charge in [-0.3, -0.25) is 4.79 Å². The maximum Gasteiger partial charge on any atom is 0.150 e. The van der Waals surface area contributed by atoms with Crippen LogP contribution in [-0.4, -0.2) is 13.3 Å². The predicted molar refractivity (Wildman–Crippen MR) is 72.1 cm³/mol. The Morgan fingerprint density at radius 1 is 1.42 bits per heavy atom. The first-order chi connectivity index (χ1) is 9.15. The summed E-state index contributed by atoms with van der Waals surface area (Å²) in [6.45, 7) is 2.56. The molecule has 0 spiro atoms. The van der Waals surface area contributed by atoms with E-state index in [-0.39, 0.29) is 0 Å². The summed E-state index contributed by atoms with van der Waals surface area (Å²) in [4.78, 5) is 12.7. The van der Waals surface area contributed by atoms with Crippen molar-refractivity contribution in [3.63, 3.8) is 0 Å². The predicted octanol–water partition coefficient (Wildman–Crippen LogP) is 2.91. The van der Waals surface area contributed by atoms with Crippen molar-refractivity contribution in [2.45, 2.75) is 13.5 Å². The van der Waals surface area contributed by atoms with E-state index in [2.05, 4.69) is 6.07 Å². The first kappa shape index (κ1) is 12.9. The summed E-state index contributed by atoms with van der Waals surface area (Å²) >= 11 is 0. The van der Waals surface area contributed by atoms with Gasteiger partial charge in [-0.25, -0.2) is 0 Å². The first-order valence-electron chi connectivity index (χ1n) is 5.89. The zero-order valence-corrected chi connectivity index (χ0v) is 10.9. The summed E-state index contributed by atoms with van der Waals surface area (Å²) in [5, 5.41) is 9.16. The van der Waals surface area contributed by atoms with E-state index in [0.717, 1.165) is 23.3 Å². The van der Waals surface area contributed by atoms with Crippen LogP contribution in [0.5, 0.6) is 0 Å². The van der Waals surface area contributed by atoms with Crippen LogP contribution in [0.4, 0.5) is 5.69 Å². The van der Waals surface area contributed by atoms with E-state index in [9.17, 15) is 4.79 Å². The molecule has 0 fully saturated rings. The average Bonchev–Trinajstić information content (AvgIpc) is 2.83. The number of nitriles is 1. The van der Waals surface area contributed by atoms with Crippen LogP contribution in [0.3, 0.4) is 0 Å². The molecule has 0 aliphatic rings. The largest absolute Gasteiger partial charge is 0.469 e. The highest BCUT2D eigenvalue weighted by atomic mass is 16.3. The Balaban J connectivity index is 2.29. The van der Waals surface area contributed by atoms with Crippen LogP contribution in [0.1, 0.15) is 27.2 Å². The van der Waals surface area contributed by atoms with E-state index < -0.39 is 0 Å². The van der Waals surface area contributed by atoms with Crippen LogP contribution in [0.2, 0.25) is 0 Å². The molecule has 0 bridgehead atoms. The highest BCUT2D eigenvalue weighted by molar-refractivity contribution is 5.78. The fraction of sp³-hybridized carbons (Fsp3) is 0.200. The number of carbonyl (C=O) groups is 1. The van der Waals surface area contributed by atoms with E-state index >= 15 is 0 Å². The van der Waals surface area contributed by atoms with E-state index in [1.165, 1.54) is 0 Å². The van der Waals surface area contributed by atoms with Gasteiger partial charge in [0.1, 0.15) is 18.1 Å². The molecule has 1 aromatic heterocycles. The van der Waals surface area contributed by atoms with Crippen LogP contribution in [0.15, 0.2) is 34.9 Å². The summed E-state index contributed by atoms with van der Waals surface area (Å²) in [6.07, 6.45) is 2.39. The number of hydrogen-bond donors (Lipinski definition) is 0. The monoisotopic (exact) mass is 254 g/mol. The number of benzene rings is 1. The molecule has 2 rings (SSSR count). The molecule has 1 heterocycles. The van der Waals surface area contributed by atoms with Crippen molar-refractivity contribution in [2.24, 2.45) is 0 Å². The number of nitrogens with zero attached hydrogens (tertiary/aromatic N) is 2. The lowest BCUT2D eigenvalue weighted by Gasteiger charge is -2.20. The number of aldehydes is 1. The first-order valence-corrected chi connectivity index (χ1v) is 5.89. The molecule has 0 N–H and O–H groups in total. The third kappa shape index (κ3) is 2.66. The second kappa shape index (κ2) is 5.40. The average molecular weight is 254 g/mol. The molecule has 0 aliphatic heterocycles. The van der Waals surface area contributed by atoms with Crippen molar-refractivity contribution in [1.82, 2.24) is 0 Å². The van der Waals surface area contributed by atoms with Crippen molar-refractivity contribution in [2.75, 3.05) is 11.9 Å². The van der Waals surface area contributed by atoms with Gasteiger partial charge in [0.2, 0.25) is 0 Å². The van der Waals surface area contributed by atoms with E-state index in [1.54, 1.807) is 24.5 Å². The van der Waals surface area contributed by atoms with Gasteiger partial charge in [0, 0.05) is 24.7 Å². The Labute approximate surface area is 111 Å². The van der Waals surface area contributed by atoms with Crippen LogP contribution < -0.4 is 4.90 Å². The molecule has 0 atom stereocenters. The minimum atomic E-state index is 0.494. The van der Waals surface area contributed by atoms with Crippen LogP contribution in [0, 0.1) is 18.3 Å². The van der Waals surface area contributed by atoms with Gasteiger partial charge in [-0.2, -0.15) is 5.26 Å². The number of carbonyl (C=O) groups excluding carboxylic acids is 1. The molecule has 96 valence electrons. The third-order valence-electron chi connectivity index (χ3n) is 3.06. The molecule has 4 nitrogen and oxygen atoms in total. The van der Waals surface area contributed by atoms with Gasteiger partial charge in [-0.05, 0) is 31.2 Å². The molecule has 19 heavy (non-hydrogen) atoms. The Hall–Kier alpha value is -2.54. The van der Waals surface area contributed by atoms with Crippen LogP contribution >= 0.6 is 0 Å². The lowest BCUT2D eigenvalue weighted by atomic mass is 10.1. The minimum absolute atomic E-state index is 0.494. The van der Waals surface area contributed by atoms with Gasteiger partial charge in [-0.15, -0.1) is 0 Å². The molecule has 0 aliphatic carbocycles. The summed E-state index contributed by atoms with van der Waals surface area (Å²) in [5.41, 5.74) is 2.88. The van der Waals surface area contributed by atoms with Gasteiger partial charge in [-0.1, -0.05) is 0 Å². The Bertz CT molecular complexity index is 638. The number of rotatable bonds is 4. The van der Waals surface area contributed by atoms with Gasteiger partial charge in [0.15, 0.2) is 0 Å². The SMILES string of the molecule is Cc1occc1CN(C)c1ccc(C=O)cc1C#N. The molecule has 0 radical (unpaired) electrons. The molecular formula is C15H14N2O2. The molecule has 4 heteroatoms. The molecule has 0 saturated heterocycles. The van der Waals surface area contributed by atoms with Crippen molar-refractivity contribution in [3.05, 3.63) is 53.0 Å². The molecule has 1 aromatic carbocycles. The fourth-order valence-electron chi connectivity index (χ4n) is 1.97. The smallest absolute Gasteiger partial charge is 0.150 e. The van der Waals surface area contributed by atoms with Crippen LogP contribution in [0.25, 0.3) is 0 Å². The van der Waals surface area contributed by atoms with Gasteiger partial charge in [0.25, 0.3) is 0 Å². The second-order valence-electron chi connectivity index (χ2n) is 4.36. The standard InChI is InChI=1S/C15H14N2O2/c1-11-13(5-6-19-11)9-17(2)15-4-3-12(10-18)7-14(15)8-16/h3-7,10H,9H2,1-2H3. The molecule has 0 amide bonds. The van der Waals surface area contributed by atoms with Crippen LogP contribution in [-0.2, 0) is 6.54 Å². The minimum Gasteiger partial charge on any atom is -0.469 e. The number of aryl methyl sites for hydroxylation is 1. The normalized spacial score (nSPS) is 9.95. The van der Waals surface area contributed by atoms with E-state index in [1.807, 2.05) is 24.9 Å². The fourth-order valence-corrected chi connectivity index (χ4v) is 1.97. The molecule has 0 saturated carbocycles. The summed E-state index contributed by atoms with van der Waals surface area (Å²) < 4.78 is 5.26. The quantitative estimate of drug-likeness (QED) is 0.787. The molecular weight excluding hydrogens is 240 g/mol. The third-order valence-corrected chi connectivity index (χ3v) is 3.06. The molecule has 2 aromatic rings. The summed E-state index contributed by atoms with van der Waals surface area (Å²) in [5.74, 6) is 0.870. The lowest BCUT2D eigenvalue weighted by Crippen LogP contribution is -2.17. The Morgan fingerprint density at radius 2 is 2.21 bits per heavy atom. The lowest BCUT2D eigenvalue weighted by molar-refractivity contribution is 0.112. The summed E-state index contributed by atoms with van der Waals surface area (Å²) in [6, 6.07) is 9.13. The van der Waals surface area contributed by atoms with E-state index in [0.29, 0.717) is 17.7 Å². The summed E-state index contributed by atoms with van der Waals surface area (Å²) in [7, 11) is 1.91. The maximum absolute atomic E-state index is 10.7. The topological polar surface area (TPSA) is 57.2 Å². The van der Waals surface area contributed by atoms with Crippen molar-refractivity contribution in [1.29, 1.82) is 5.26 Å². The second-order valence-corrected chi connectivity index (χ2v) is 4.36. The van der Waals surface area contributed by atoms with Gasteiger partial charge >= 0.3 is 0 Å². The number of furan rings is 1. The molecule has 0 unspecified atom stereocenters. The van der Waals surface area contributed by atoms with Gasteiger partial charge in [0.05, 0.1) is 17.5 Å². The Morgan fingerprint density at radius 3 is 2.79 bits per heavy atom. The number of anilines is 1. The maximum atomic E-state index is 10.7. The zero-order chi connectivity index (χ0) is 13.8. The highest BCUT2D eigenvalue weighted by Gasteiger charge is 2.11. The number of hydrogen-bond acceptors (Lipinski definition) is 4. The van der Waals surface area contributed by atoms with E-state index in [4.69, 9.17) is 9.68 Å². The van der Waals surface area contributed by atoms with Crippen molar-refractivity contribution in [3.8, 4) is 6.07 Å². The van der Waals surface area contributed by atoms with Crippen molar-refractivity contribution >= 4 is 12.0 Å². The highest BCUT2D eigenvalue weighted by Crippen LogP contribution is 2.22.